The third kappa shape index (κ3) is 1.84. The zero-order chi connectivity index (χ0) is 15.1. The number of rotatable bonds is 2. The standard InChI is InChI=1S/C18H14N2O2/c1-22-18(21)12-8-6-11(7-9-12)16-15-10-13-4-2-3-5-14(13)17(15)20-19-16/h2-9H,10H2,1H3,(H,19,20). The van der Waals surface area contributed by atoms with E-state index in [0.717, 1.165) is 23.4 Å². The predicted octanol–water partition coefficient (Wildman–Crippen LogP) is 3.43. The SMILES string of the molecule is COC(=O)c1ccc(-c2n[nH]c3c2Cc2ccccc2-3)cc1. The van der Waals surface area contributed by atoms with Gasteiger partial charge in [0.2, 0.25) is 0 Å². The molecule has 4 heteroatoms. The van der Waals surface area contributed by atoms with Gasteiger partial charge in [-0.05, 0) is 17.7 Å². The highest BCUT2D eigenvalue weighted by atomic mass is 16.5. The normalized spacial score (nSPS) is 11.9. The van der Waals surface area contributed by atoms with Gasteiger partial charge in [0.1, 0.15) is 0 Å². The minimum absolute atomic E-state index is 0.328. The van der Waals surface area contributed by atoms with Gasteiger partial charge in [-0.25, -0.2) is 4.79 Å². The predicted molar refractivity (Wildman–Crippen MR) is 83.6 cm³/mol. The first-order valence-corrected chi connectivity index (χ1v) is 7.12. The summed E-state index contributed by atoms with van der Waals surface area (Å²) in [6, 6.07) is 15.7. The van der Waals surface area contributed by atoms with Crippen molar-refractivity contribution >= 4 is 5.97 Å². The number of esters is 1. The molecule has 0 radical (unpaired) electrons. The molecule has 4 nitrogen and oxygen atoms in total. The highest BCUT2D eigenvalue weighted by Crippen LogP contribution is 2.39. The van der Waals surface area contributed by atoms with Crippen LogP contribution in [-0.4, -0.2) is 23.3 Å². The summed E-state index contributed by atoms with van der Waals surface area (Å²) < 4.78 is 4.72. The van der Waals surface area contributed by atoms with Crippen LogP contribution in [0.15, 0.2) is 48.5 Å². The maximum Gasteiger partial charge on any atom is 0.337 e. The van der Waals surface area contributed by atoms with Crippen molar-refractivity contribution in [3.05, 3.63) is 65.2 Å². The second-order valence-electron chi connectivity index (χ2n) is 5.33. The largest absolute Gasteiger partial charge is 0.465 e. The number of H-pyrrole nitrogens is 1. The Balaban J connectivity index is 1.74. The number of fused-ring (bicyclic) bond motifs is 3. The molecule has 1 aromatic heterocycles. The molecular formula is C18H14N2O2. The van der Waals surface area contributed by atoms with Crippen LogP contribution in [0.3, 0.4) is 0 Å². The number of aromatic nitrogens is 2. The molecule has 1 heterocycles. The van der Waals surface area contributed by atoms with Crippen LogP contribution in [-0.2, 0) is 11.2 Å². The minimum Gasteiger partial charge on any atom is -0.465 e. The molecule has 3 aromatic rings. The first kappa shape index (κ1) is 12.8. The number of hydrogen-bond acceptors (Lipinski definition) is 3. The zero-order valence-corrected chi connectivity index (χ0v) is 12.1. The van der Waals surface area contributed by atoms with Crippen molar-refractivity contribution in [3.63, 3.8) is 0 Å². The van der Waals surface area contributed by atoms with Crippen molar-refractivity contribution in [2.75, 3.05) is 7.11 Å². The first-order chi connectivity index (χ1) is 10.8. The van der Waals surface area contributed by atoms with Crippen molar-refractivity contribution < 1.29 is 9.53 Å². The lowest BCUT2D eigenvalue weighted by atomic mass is 10.0. The van der Waals surface area contributed by atoms with E-state index in [0.29, 0.717) is 5.56 Å². The molecule has 4 rings (SSSR count). The summed E-state index contributed by atoms with van der Waals surface area (Å²) in [5.74, 6) is -0.328. The van der Waals surface area contributed by atoms with Crippen molar-refractivity contribution in [1.82, 2.24) is 10.2 Å². The minimum atomic E-state index is -0.328. The number of hydrogen-bond donors (Lipinski definition) is 1. The molecule has 1 aliphatic rings. The second kappa shape index (κ2) is 4.84. The Morgan fingerprint density at radius 2 is 1.91 bits per heavy atom. The molecule has 0 fully saturated rings. The smallest absolute Gasteiger partial charge is 0.337 e. The highest BCUT2D eigenvalue weighted by molar-refractivity contribution is 5.90. The molecule has 0 unspecified atom stereocenters. The number of aromatic amines is 1. The Morgan fingerprint density at radius 3 is 2.68 bits per heavy atom. The van der Waals surface area contributed by atoms with Crippen LogP contribution in [0.25, 0.3) is 22.5 Å². The number of nitrogens with one attached hydrogen (secondary N) is 1. The van der Waals surface area contributed by atoms with E-state index in [1.165, 1.54) is 23.8 Å². The van der Waals surface area contributed by atoms with Gasteiger partial charge < -0.3 is 4.74 Å². The summed E-state index contributed by atoms with van der Waals surface area (Å²) in [6.07, 6.45) is 0.885. The Kier molecular flexibility index (Phi) is 2.82. The lowest BCUT2D eigenvalue weighted by molar-refractivity contribution is 0.0601. The van der Waals surface area contributed by atoms with Crippen LogP contribution < -0.4 is 0 Å². The van der Waals surface area contributed by atoms with Crippen LogP contribution in [0.4, 0.5) is 0 Å². The molecule has 2 aromatic carbocycles. The van der Waals surface area contributed by atoms with Gasteiger partial charge >= 0.3 is 5.97 Å². The van der Waals surface area contributed by atoms with Gasteiger partial charge in [0.15, 0.2) is 0 Å². The Hall–Kier alpha value is -2.88. The summed E-state index contributed by atoms with van der Waals surface area (Å²) in [4.78, 5) is 11.5. The third-order valence-electron chi connectivity index (χ3n) is 4.10. The van der Waals surface area contributed by atoms with Crippen molar-refractivity contribution in [2.24, 2.45) is 0 Å². The summed E-state index contributed by atoms with van der Waals surface area (Å²) in [5.41, 5.74) is 7.35. The van der Waals surface area contributed by atoms with Gasteiger partial charge in [0, 0.05) is 23.1 Å². The van der Waals surface area contributed by atoms with E-state index in [2.05, 4.69) is 28.4 Å². The number of methoxy groups -OCH3 is 1. The Labute approximate surface area is 127 Å². The quantitative estimate of drug-likeness (QED) is 0.575. The van der Waals surface area contributed by atoms with E-state index in [-0.39, 0.29) is 5.97 Å². The molecule has 0 amide bonds. The molecular weight excluding hydrogens is 276 g/mol. The molecule has 0 aliphatic heterocycles. The average molecular weight is 290 g/mol. The van der Waals surface area contributed by atoms with Crippen molar-refractivity contribution in [2.45, 2.75) is 6.42 Å². The van der Waals surface area contributed by atoms with Gasteiger partial charge in [0.25, 0.3) is 0 Å². The Bertz CT molecular complexity index is 863. The third-order valence-corrected chi connectivity index (χ3v) is 4.10. The summed E-state index contributed by atoms with van der Waals surface area (Å²) in [5, 5.41) is 7.61. The van der Waals surface area contributed by atoms with Crippen LogP contribution in [0.2, 0.25) is 0 Å². The molecule has 108 valence electrons. The molecule has 0 spiro atoms. The average Bonchev–Trinajstić information content (AvgIpc) is 3.13. The van der Waals surface area contributed by atoms with Crippen LogP contribution in [0, 0.1) is 0 Å². The van der Waals surface area contributed by atoms with E-state index in [4.69, 9.17) is 4.74 Å². The van der Waals surface area contributed by atoms with Crippen molar-refractivity contribution in [1.29, 1.82) is 0 Å². The number of carbonyl (C=O) groups is 1. The summed E-state index contributed by atoms with van der Waals surface area (Å²) in [6.45, 7) is 0. The van der Waals surface area contributed by atoms with E-state index in [1.54, 1.807) is 12.1 Å². The van der Waals surface area contributed by atoms with Crippen LogP contribution >= 0.6 is 0 Å². The highest BCUT2D eigenvalue weighted by Gasteiger charge is 2.24. The van der Waals surface area contributed by atoms with E-state index in [9.17, 15) is 4.79 Å². The van der Waals surface area contributed by atoms with Gasteiger partial charge in [-0.15, -0.1) is 0 Å². The van der Waals surface area contributed by atoms with Crippen LogP contribution in [0.1, 0.15) is 21.5 Å². The van der Waals surface area contributed by atoms with Gasteiger partial charge in [-0.1, -0.05) is 36.4 Å². The fourth-order valence-electron chi connectivity index (χ4n) is 2.99. The van der Waals surface area contributed by atoms with Gasteiger partial charge in [-0.3, -0.25) is 5.10 Å². The monoisotopic (exact) mass is 290 g/mol. The van der Waals surface area contributed by atoms with Crippen LogP contribution in [0.5, 0.6) is 0 Å². The molecule has 0 saturated heterocycles. The molecule has 0 bridgehead atoms. The fourth-order valence-corrected chi connectivity index (χ4v) is 2.99. The maximum absolute atomic E-state index is 11.5. The Morgan fingerprint density at radius 1 is 1.14 bits per heavy atom. The molecule has 22 heavy (non-hydrogen) atoms. The molecule has 1 aliphatic carbocycles. The topological polar surface area (TPSA) is 55.0 Å². The lowest BCUT2D eigenvalue weighted by Crippen LogP contribution is -2.00. The lowest BCUT2D eigenvalue weighted by Gasteiger charge is -2.02. The maximum atomic E-state index is 11.5. The summed E-state index contributed by atoms with van der Waals surface area (Å²) in [7, 11) is 1.38. The van der Waals surface area contributed by atoms with Crippen molar-refractivity contribution in [3.8, 4) is 22.5 Å². The number of ether oxygens (including phenoxy) is 1. The first-order valence-electron chi connectivity index (χ1n) is 7.12. The molecule has 0 atom stereocenters. The summed E-state index contributed by atoms with van der Waals surface area (Å²) >= 11 is 0. The number of carbonyl (C=O) groups excluding carboxylic acids is 1. The van der Waals surface area contributed by atoms with E-state index < -0.39 is 0 Å². The number of benzene rings is 2. The molecule has 0 saturated carbocycles. The zero-order valence-electron chi connectivity index (χ0n) is 12.1. The van der Waals surface area contributed by atoms with E-state index >= 15 is 0 Å². The van der Waals surface area contributed by atoms with E-state index in [1.807, 2.05) is 18.2 Å². The number of nitrogens with zero attached hydrogens (tertiary/aromatic N) is 1. The fraction of sp³-hybridized carbons (Fsp3) is 0.111. The van der Waals surface area contributed by atoms with Gasteiger partial charge in [0.05, 0.1) is 24.1 Å². The second-order valence-corrected chi connectivity index (χ2v) is 5.33. The van der Waals surface area contributed by atoms with Gasteiger partial charge in [-0.2, -0.15) is 5.10 Å². The molecule has 1 N–H and O–H groups in total.